The van der Waals surface area contributed by atoms with Gasteiger partial charge in [0, 0.05) is 73.6 Å². The number of anilines is 1. The van der Waals surface area contributed by atoms with Gasteiger partial charge in [-0.15, -0.1) is 10.2 Å². The average molecular weight is 710 g/mol. The molecule has 4 saturated carbocycles. The molecule has 0 atom stereocenters. The number of halogens is 2. The standard InChI is InChI=1S/C39H41ClFN7O3/c1-24(2)48(39-15-26(16-39)17-39)36(49)29-14-27(41)8-9-32(29)51-35-34(43-37(40)45-44-35)47-22-38(23-47)18-28(19-38)50-33-10-12-42-31-11-13-46(21-30(31)33)20-25-6-4-3-5-7-25/h3-10,12,14,24,26,28H,11,13,15-23H2,1-2H3. The summed E-state index contributed by atoms with van der Waals surface area (Å²) >= 11 is 6.24. The molecule has 10 rings (SSSR count). The Balaban J connectivity index is 0.867. The minimum atomic E-state index is -0.504. The minimum Gasteiger partial charge on any atom is -0.490 e. The zero-order valence-electron chi connectivity index (χ0n) is 28.9. The van der Waals surface area contributed by atoms with Crippen molar-refractivity contribution in [3.8, 4) is 17.4 Å². The second kappa shape index (κ2) is 12.4. The molecule has 12 heteroatoms. The quantitative estimate of drug-likeness (QED) is 0.175. The largest absolute Gasteiger partial charge is 0.490 e. The average Bonchev–Trinajstić information content (AvgIpc) is 3.04. The van der Waals surface area contributed by atoms with E-state index < -0.39 is 5.82 Å². The van der Waals surface area contributed by atoms with E-state index >= 15 is 0 Å². The number of nitrogens with zero attached hydrogens (tertiary/aromatic N) is 7. The Morgan fingerprint density at radius 3 is 2.55 bits per heavy atom. The summed E-state index contributed by atoms with van der Waals surface area (Å²) in [5, 5.41) is 8.19. The highest BCUT2D eigenvalue weighted by molar-refractivity contribution is 6.28. The zero-order valence-corrected chi connectivity index (χ0v) is 29.7. The van der Waals surface area contributed by atoms with Crippen molar-refractivity contribution in [3.63, 3.8) is 0 Å². The first kappa shape index (κ1) is 32.6. The van der Waals surface area contributed by atoms with Gasteiger partial charge in [-0.2, -0.15) is 4.98 Å². The molecule has 1 saturated heterocycles. The molecule has 1 amide bonds. The lowest BCUT2D eigenvalue weighted by molar-refractivity contribution is -0.134. The second-order valence-corrected chi connectivity index (χ2v) is 15.9. The van der Waals surface area contributed by atoms with Gasteiger partial charge in [-0.25, -0.2) is 4.39 Å². The monoisotopic (exact) mass is 709 g/mol. The van der Waals surface area contributed by atoms with E-state index in [0.29, 0.717) is 11.7 Å². The third-order valence-corrected chi connectivity index (χ3v) is 11.8. The number of carbonyl (C=O) groups is 1. The molecular formula is C39H41ClFN7O3. The van der Waals surface area contributed by atoms with Gasteiger partial charge in [-0.1, -0.05) is 30.3 Å². The Bertz CT molecular complexity index is 1970. The summed E-state index contributed by atoms with van der Waals surface area (Å²) in [6.45, 7) is 8.18. The van der Waals surface area contributed by atoms with Crippen LogP contribution in [0.5, 0.6) is 17.4 Å². The number of hydrogen-bond donors (Lipinski definition) is 0. The molecule has 0 N–H and O–H groups in total. The summed E-state index contributed by atoms with van der Waals surface area (Å²) in [5.74, 6) is 1.68. The van der Waals surface area contributed by atoms with Crippen LogP contribution in [0.4, 0.5) is 10.2 Å². The number of aromatic nitrogens is 4. The molecule has 2 bridgehead atoms. The number of benzene rings is 2. The first-order chi connectivity index (χ1) is 24.7. The van der Waals surface area contributed by atoms with Crippen molar-refractivity contribution in [1.29, 1.82) is 0 Å². The lowest BCUT2D eigenvalue weighted by atomic mass is 9.48. The highest BCUT2D eigenvalue weighted by atomic mass is 35.5. The van der Waals surface area contributed by atoms with Crippen molar-refractivity contribution < 1.29 is 18.7 Å². The molecule has 4 aliphatic carbocycles. The number of fused-ring (bicyclic) bond motifs is 1. The van der Waals surface area contributed by atoms with Crippen LogP contribution in [0, 0.1) is 17.2 Å². The van der Waals surface area contributed by atoms with E-state index in [1.807, 2.05) is 31.0 Å². The lowest BCUT2D eigenvalue weighted by Crippen LogP contribution is -2.71. The summed E-state index contributed by atoms with van der Waals surface area (Å²) in [6, 6.07) is 16.6. The molecule has 4 heterocycles. The van der Waals surface area contributed by atoms with Crippen LogP contribution >= 0.6 is 11.6 Å². The van der Waals surface area contributed by atoms with E-state index in [4.69, 9.17) is 21.1 Å². The number of ether oxygens (including phenoxy) is 2. The van der Waals surface area contributed by atoms with Crippen molar-refractivity contribution in [3.05, 3.63) is 94.3 Å². The molecule has 0 unspecified atom stereocenters. The zero-order chi connectivity index (χ0) is 34.9. The van der Waals surface area contributed by atoms with Gasteiger partial charge in [0.25, 0.3) is 11.8 Å². The van der Waals surface area contributed by atoms with Crippen LogP contribution < -0.4 is 14.4 Å². The van der Waals surface area contributed by atoms with Gasteiger partial charge in [0.2, 0.25) is 5.28 Å². The third-order valence-electron chi connectivity index (χ3n) is 11.6. The SMILES string of the molecule is CC(C)N(C(=O)c1cc(F)ccc1Oc1nnc(Cl)nc1N1CC2(CC(Oc3ccnc4c3CN(Cc3ccccc3)CC4)C2)C1)C12CC(C1)C2. The maximum atomic E-state index is 14.6. The maximum Gasteiger partial charge on any atom is 0.282 e. The molecule has 264 valence electrons. The Labute approximate surface area is 301 Å². The summed E-state index contributed by atoms with van der Waals surface area (Å²) in [4.78, 5) is 29.6. The van der Waals surface area contributed by atoms with E-state index in [0.717, 1.165) is 82.7 Å². The van der Waals surface area contributed by atoms with E-state index in [2.05, 4.69) is 60.3 Å². The van der Waals surface area contributed by atoms with Gasteiger partial charge in [0.15, 0.2) is 5.82 Å². The predicted octanol–water partition coefficient (Wildman–Crippen LogP) is 6.86. The molecule has 0 radical (unpaired) electrons. The fourth-order valence-corrected chi connectivity index (χ4v) is 9.29. The van der Waals surface area contributed by atoms with E-state index in [1.54, 1.807) is 0 Å². The molecule has 1 spiro atoms. The number of hydrogen-bond acceptors (Lipinski definition) is 9. The van der Waals surface area contributed by atoms with E-state index in [1.165, 1.54) is 29.3 Å². The Morgan fingerprint density at radius 2 is 1.82 bits per heavy atom. The smallest absolute Gasteiger partial charge is 0.282 e. The highest BCUT2D eigenvalue weighted by Crippen LogP contribution is 2.61. The van der Waals surface area contributed by atoms with Crippen LogP contribution in [0.2, 0.25) is 5.28 Å². The molecule has 2 aromatic heterocycles. The van der Waals surface area contributed by atoms with Crippen molar-refractivity contribution in [2.24, 2.45) is 11.3 Å². The molecule has 5 fully saturated rings. The number of rotatable bonds is 10. The third kappa shape index (κ3) is 5.88. The summed E-state index contributed by atoms with van der Waals surface area (Å²) < 4.78 is 27.5. The summed E-state index contributed by atoms with van der Waals surface area (Å²) in [5.41, 5.74) is 3.74. The van der Waals surface area contributed by atoms with Crippen molar-refractivity contribution in [2.75, 3.05) is 24.5 Å². The van der Waals surface area contributed by atoms with Crippen molar-refractivity contribution in [2.45, 2.75) is 83.1 Å². The van der Waals surface area contributed by atoms with Crippen LogP contribution in [0.25, 0.3) is 0 Å². The summed E-state index contributed by atoms with van der Waals surface area (Å²) in [7, 11) is 0. The Kier molecular flexibility index (Phi) is 7.92. The minimum absolute atomic E-state index is 0.00176. The normalized spacial score (nSPS) is 23.1. The van der Waals surface area contributed by atoms with Crippen LogP contribution in [-0.4, -0.2) is 73.2 Å². The van der Waals surface area contributed by atoms with Gasteiger partial charge < -0.3 is 19.3 Å². The van der Waals surface area contributed by atoms with Gasteiger partial charge in [-0.05, 0) is 93.3 Å². The first-order valence-electron chi connectivity index (χ1n) is 18.0. The predicted molar refractivity (Wildman–Crippen MR) is 189 cm³/mol. The Hall–Kier alpha value is -4.35. The lowest BCUT2D eigenvalue weighted by Gasteiger charge is -2.67. The van der Waals surface area contributed by atoms with Crippen LogP contribution in [0.3, 0.4) is 0 Å². The molecule has 2 aromatic carbocycles. The van der Waals surface area contributed by atoms with Crippen molar-refractivity contribution in [1.82, 2.24) is 30.0 Å². The van der Waals surface area contributed by atoms with Gasteiger partial charge in [-0.3, -0.25) is 14.7 Å². The number of carbonyl (C=O) groups excluding carboxylic acids is 1. The fourth-order valence-electron chi connectivity index (χ4n) is 9.17. The van der Waals surface area contributed by atoms with Crippen LogP contribution in [0.15, 0.2) is 60.8 Å². The molecular weight excluding hydrogens is 669 g/mol. The summed E-state index contributed by atoms with van der Waals surface area (Å²) in [6.07, 6.45) is 7.73. The van der Waals surface area contributed by atoms with Crippen LogP contribution in [0.1, 0.15) is 73.1 Å². The molecule has 2 aliphatic heterocycles. The van der Waals surface area contributed by atoms with Crippen LogP contribution in [-0.2, 0) is 19.5 Å². The molecule has 10 nitrogen and oxygen atoms in total. The number of amides is 1. The highest BCUT2D eigenvalue weighted by Gasteiger charge is 2.62. The fraction of sp³-hybridized carbons (Fsp3) is 0.462. The molecule has 6 aliphatic rings. The Morgan fingerprint density at radius 1 is 1.04 bits per heavy atom. The molecule has 51 heavy (non-hydrogen) atoms. The van der Waals surface area contributed by atoms with Crippen molar-refractivity contribution >= 4 is 23.3 Å². The van der Waals surface area contributed by atoms with E-state index in [9.17, 15) is 9.18 Å². The van der Waals surface area contributed by atoms with Gasteiger partial charge >= 0.3 is 0 Å². The van der Waals surface area contributed by atoms with Gasteiger partial charge in [0.1, 0.15) is 23.4 Å². The second-order valence-electron chi connectivity index (χ2n) is 15.6. The van der Waals surface area contributed by atoms with Gasteiger partial charge in [0.05, 0.1) is 5.56 Å². The topological polar surface area (TPSA) is 96.8 Å². The maximum absolute atomic E-state index is 14.6. The van der Waals surface area contributed by atoms with E-state index in [-0.39, 0.29) is 51.5 Å². The number of pyridine rings is 1. The first-order valence-corrected chi connectivity index (χ1v) is 18.4. The molecule has 4 aromatic rings.